The fourth-order valence-corrected chi connectivity index (χ4v) is 0.510. The zero-order valence-electron chi connectivity index (χ0n) is 17.1. The van der Waals surface area contributed by atoms with Crippen molar-refractivity contribution in [2.24, 2.45) is 0 Å². The molecule has 0 saturated carbocycles. The van der Waals surface area contributed by atoms with Gasteiger partial charge in [0.15, 0.2) is 0 Å². The summed E-state index contributed by atoms with van der Waals surface area (Å²) in [4.78, 5) is 46.4. The van der Waals surface area contributed by atoms with E-state index >= 15 is 0 Å². The van der Waals surface area contributed by atoms with Crippen LogP contribution in [0.25, 0.3) is 0 Å². The summed E-state index contributed by atoms with van der Waals surface area (Å²) in [6, 6.07) is 0. The molecule has 0 radical (unpaired) electrons. The first-order valence-corrected chi connectivity index (χ1v) is 8.82. The maximum atomic E-state index is 9.28. The molecule has 0 aromatic heterocycles. The van der Waals surface area contributed by atoms with Crippen molar-refractivity contribution in [3.05, 3.63) is 0 Å². The molecule has 0 rings (SSSR count). The molecule has 6 heteroatoms. The van der Waals surface area contributed by atoms with Crippen molar-refractivity contribution >= 4 is 31.4 Å². The minimum Gasteiger partial charge on any atom is -0.542 e. The van der Waals surface area contributed by atoms with Crippen LogP contribution in [0, 0.1) is 0 Å². The van der Waals surface area contributed by atoms with Crippen molar-refractivity contribution in [1.82, 2.24) is 0 Å². The van der Waals surface area contributed by atoms with Crippen LogP contribution in [0.3, 0.4) is 0 Å². The van der Waals surface area contributed by atoms with E-state index in [4.69, 9.17) is 0 Å². The largest absolute Gasteiger partial charge is 5.00 e. The van der Waals surface area contributed by atoms with Crippen molar-refractivity contribution in [3.8, 4) is 0 Å². The van der Waals surface area contributed by atoms with Crippen LogP contribution in [0.5, 0.6) is 0 Å². The van der Waals surface area contributed by atoms with Gasteiger partial charge < -0.3 is 24.0 Å². The Hall–Kier alpha value is -0.910. The molecule has 0 saturated heterocycles. The Bertz CT molecular complexity index is 188. The summed E-state index contributed by atoms with van der Waals surface area (Å²) in [6.07, 6.45) is 16.4. The van der Waals surface area contributed by atoms with Crippen molar-refractivity contribution in [2.45, 2.75) is 98.8 Å². The Labute approximate surface area is 176 Å². The van der Waals surface area contributed by atoms with Crippen molar-refractivity contribution in [1.29, 1.82) is 0 Å². The van der Waals surface area contributed by atoms with Gasteiger partial charge in [0.1, 0.15) is 0 Å². The van der Waals surface area contributed by atoms with Gasteiger partial charge in [-0.3, -0.25) is 31.4 Å². The van der Waals surface area contributed by atoms with Gasteiger partial charge in [-0.1, -0.05) is 66.7 Å². The minimum absolute atomic E-state index is 0. The molecule has 0 bridgehead atoms. The average molecular weight is 448 g/mol. The monoisotopic (exact) mass is 448 g/mol. The van der Waals surface area contributed by atoms with E-state index in [0.29, 0.717) is 32.1 Å². The second-order valence-corrected chi connectivity index (χ2v) is 4.47. The van der Waals surface area contributed by atoms with E-state index in [9.17, 15) is 24.0 Å². The Morgan fingerprint density at radius 1 is 0.385 bits per heavy atom. The van der Waals surface area contributed by atoms with E-state index in [1.165, 1.54) is 0 Å². The van der Waals surface area contributed by atoms with Crippen LogP contribution in [0.15, 0.2) is 0 Å². The molecule has 0 amide bonds. The molecule has 0 unspecified atom stereocenters. The summed E-state index contributed by atoms with van der Waals surface area (Å²) in [5.74, 6) is 0. The first-order chi connectivity index (χ1) is 12.1. The van der Waals surface area contributed by atoms with E-state index in [1.54, 1.807) is 31.4 Å². The summed E-state index contributed by atoms with van der Waals surface area (Å²) >= 11 is 0. The molecule has 0 spiro atoms. The molecule has 0 aliphatic carbocycles. The van der Waals surface area contributed by atoms with Crippen LogP contribution >= 0.6 is 0 Å². The van der Waals surface area contributed by atoms with Crippen LogP contribution in [-0.2, 0) is 46.4 Å². The van der Waals surface area contributed by atoms with Gasteiger partial charge in [0.05, 0.1) is 0 Å². The number of hydrogen-bond donors (Lipinski definition) is 0. The second kappa shape index (κ2) is 64.7. The minimum atomic E-state index is 0. The zero-order valence-corrected chi connectivity index (χ0v) is 19.3. The van der Waals surface area contributed by atoms with E-state index in [2.05, 4.69) is 0 Å². The molecule has 0 aromatic carbocycles. The van der Waals surface area contributed by atoms with Crippen molar-refractivity contribution in [3.63, 3.8) is 0 Å². The first-order valence-electron chi connectivity index (χ1n) is 8.82. The van der Waals surface area contributed by atoms with Gasteiger partial charge in [0.25, 0.3) is 0 Å². The summed E-state index contributed by atoms with van der Waals surface area (Å²) in [7, 11) is 0. The van der Waals surface area contributed by atoms with Crippen molar-refractivity contribution < 1.29 is 46.4 Å². The smallest absolute Gasteiger partial charge is 0.542 e. The Morgan fingerprint density at radius 3 is 0.500 bits per heavy atom. The fraction of sp³-hybridized carbons (Fsp3) is 0.750. The summed E-state index contributed by atoms with van der Waals surface area (Å²) in [5.41, 5.74) is 0. The van der Waals surface area contributed by atoms with Crippen LogP contribution in [0.2, 0.25) is 0 Å². The quantitative estimate of drug-likeness (QED) is 0.363. The van der Waals surface area contributed by atoms with E-state index in [1.807, 2.05) is 34.6 Å². The predicted octanol–water partition coefficient (Wildman–Crippen LogP) is 4.48. The Kier molecular flexibility index (Phi) is 99.4. The Balaban J connectivity index is -0.0000000476. The first kappa shape index (κ1) is 40.0. The third kappa shape index (κ3) is 136. The molecule has 0 fully saturated rings. The standard InChI is InChI=1S/5C4H7O.Nb/c5*1-2-3-4-5;/h5*2-3H2,1H3;/q5*-1;+5. The summed E-state index contributed by atoms with van der Waals surface area (Å²) in [5, 5.41) is 0. The van der Waals surface area contributed by atoms with Gasteiger partial charge in [-0.05, 0) is 0 Å². The van der Waals surface area contributed by atoms with Crippen molar-refractivity contribution in [2.75, 3.05) is 0 Å². The fourth-order valence-electron chi connectivity index (χ4n) is 0.510. The van der Waals surface area contributed by atoms with Gasteiger partial charge in [-0.2, -0.15) is 32.1 Å². The van der Waals surface area contributed by atoms with Gasteiger partial charge in [-0.15, -0.1) is 0 Å². The van der Waals surface area contributed by atoms with Crippen LogP contribution in [0.4, 0.5) is 0 Å². The maximum Gasteiger partial charge on any atom is 5.00 e. The third-order valence-corrected chi connectivity index (χ3v) is 1.76. The molecule has 0 N–H and O–H groups in total. The average Bonchev–Trinajstić information content (AvgIpc) is 2.61. The molecule has 26 heavy (non-hydrogen) atoms. The third-order valence-electron chi connectivity index (χ3n) is 1.76. The molecule has 0 aliphatic heterocycles. The molecule has 150 valence electrons. The summed E-state index contributed by atoms with van der Waals surface area (Å²) < 4.78 is 0. The normalized spacial score (nSPS) is 7.12. The molecule has 0 aliphatic rings. The Morgan fingerprint density at radius 2 is 0.500 bits per heavy atom. The molecule has 0 heterocycles. The van der Waals surface area contributed by atoms with Gasteiger partial charge >= 0.3 is 22.4 Å². The number of unbranched alkanes of at least 4 members (excludes halogenated alkanes) is 5. The number of hydrogen-bond acceptors (Lipinski definition) is 5. The van der Waals surface area contributed by atoms with Gasteiger partial charge in [0.2, 0.25) is 0 Å². The van der Waals surface area contributed by atoms with E-state index in [-0.39, 0.29) is 22.4 Å². The zero-order chi connectivity index (χ0) is 20.6. The molecular weight excluding hydrogens is 413 g/mol. The van der Waals surface area contributed by atoms with E-state index in [0.717, 1.165) is 32.1 Å². The predicted molar refractivity (Wildman–Crippen MR) is 103 cm³/mol. The topological polar surface area (TPSA) is 85.3 Å². The van der Waals surface area contributed by atoms with Crippen LogP contribution in [0.1, 0.15) is 98.8 Å². The number of rotatable bonds is 10. The van der Waals surface area contributed by atoms with E-state index < -0.39 is 0 Å². The summed E-state index contributed by atoms with van der Waals surface area (Å²) in [6.45, 7) is 9.75. The SMILES string of the molecule is CCC[C-]=O.CCC[C-]=O.CCC[C-]=O.CCC[C-]=O.CCC[C-]=O.[Nb+5]. The van der Waals surface area contributed by atoms with Gasteiger partial charge in [-0.25, -0.2) is 0 Å². The number of carbonyl (C=O) groups excluding carboxylic acids is 5. The van der Waals surface area contributed by atoms with Crippen LogP contribution < -0.4 is 0 Å². The molecule has 0 aromatic rings. The van der Waals surface area contributed by atoms with Gasteiger partial charge in [0, 0.05) is 0 Å². The maximum absolute atomic E-state index is 9.28. The molecule has 5 nitrogen and oxygen atoms in total. The van der Waals surface area contributed by atoms with Crippen LogP contribution in [-0.4, -0.2) is 31.4 Å². The second-order valence-electron chi connectivity index (χ2n) is 4.47. The molecular formula is C20H35NbO5. The molecule has 0 atom stereocenters.